The SMILES string of the molecule is Cc1cc(C[C@@H](NC(=O)N2CCC(N3Cc4sccc4NC3=O)CC2)C(=O)N2CCC(C3CCN(C)CC3)CC2)cc(Cl)c1N. The number of nitrogens with two attached hydrogens (primary N) is 1. The lowest BCUT2D eigenvalue weighted by molar-refractivity contribution is -0.135. The lowest BCUT2D eigenvalue weighted by Gasteiger charge is -2.41. The van der Waals surface area contributed by atoms with Crippen molar-refractivity contribution in [1.29, 1.82) is 0 Å². The number of carbonyl (C=O) groups is 3. The molecule has 1 atom stereocenters. The van der Waals surface area contributed by atoms with Gasteiger partial charge in [-0.1, -0.05) is 17.7 Å². The number of rotatable bonds is 6. The van der Waals surface area contributed by atoms with Crippen LogP contribution >= 0.6 is 22.9 Å². The molecule has 6 rings (SSSR count). The van der Waals surface area contributed by atoms with E-state index in [1.54, 1.807) is 22.3 Å². The van der Waals surface area contributed by atoms with Gasteiger partial charge < -0.3 is 36.0 Å². The van der Waals surface area contributed by atoms with Crippen molar-refractivity contribution < 1.29 is 14.4 Å². The molecule has 0 spiro atoms. The molecule has 5 amide bonds. The lowest BCUT2D eigenvalue weighted by atomic mass is 9.79. The smallest absolute Gasteiger partial charge is 0.322 e. The highest BCUT2D eigenvalue weighted by Crippen LogP contribution is 2.34. The molecule has 5 heterocycles. The first kappa shape index (κ1) is 31.9. The number of hydrogen-bond acceptors (Lipinski definition) is 6. The van der Waals surface area contributed by atoms with E-state index in [2.05, 4.69) is 22.6 Å². The zero-order chi connectivity index (χ0) is 31.7. The van der Waals surface area contributed by atoms with Gasteiger partial charge in [-0.05, 0) is 106 Å². The van der Waals surface area contributed by atoms with E-state index in [9.17, 15) is 14.4 Å². The third-order valence-electron chi connectivity index (χ3n) is 10.5. The van der Waals surface area contributed by atoms with Gasteiger partial charge in [-0.2, -0.15) is 0 Å². The number of anilines is 2. The molecular formula is C33H46ClN7O3S. The number of carbonyl (C=O) groups excluding carboxylic acids is 3. The first-order valence-corrected chi connectivity index (χ1v) is 17.6. The lowest BCUT2D eigenvalue weighted by Crippen LogP contribution is -2.57. The summed E-state index contributed by atoms with van der Waals surface area (Å²) < 4.78 is 0. The molecule has 0 bridgehead atoms. The molecule has 4 aliphatic heterocycles. The molecule has 3 saturated heterocycles. The van der Waals surface area contributed by atoms with Crippen LogP contribution in [0.4, 0.5) is 21.0 Å². The highest BCUT2D eigenvalue weighted by atomic mass is 35.5. The Morgan fingerprint density at radius 3 is 2.33 bits per heavy atom. The van der Waals surface area contributed by atoms with Gasteiger partial charge in [0.15, 0.2) is 0 Å². The van der Waals surface area contributed by atoms with Crippen LogP contribution in [0.15, 0.2) is 23.6 Å². The highest BCUT2D eigenvalue weighted by molar-refractivity contribution is 7.10. The Morgan fingerprint density at radius 1 is 1.02 bits per heavy atom. The predicted octanol–water partition coefficient (Wildman–Crippen LogP) is 5.01. The monoisotopic (exact) mass is 655 g/mol. The fourth-order valence-corrected chi connectivity index (χ4v) is 8.71. The van der Waals surface area contributed by atoms with Crippen LogP contribution in [-0.4, -0.2) is 96.0 Å². The van der Waals surface area contributed by atoms with Crippen molar-refractivity contribution in [1.82, 2.24) is 24.9 Å². The minimum atomic E-state index is -0.709. The zero-order valence-corrected chi connectivity index (χ0v) is 28.0. The fourth-order valence-electron chi connectivity index (χ4n) is 7.60. The van der Waals surface area contributed by atoms with Gasteiger partial charge >= 0.3 is 12.1 Å². The van der Waals surface area contributed by atoms with Crippen LogP contribution in [0.5, 0.6) is 0 Å². The molecule has 0 saturated carbocycles. The van der Waals surface area contributed by atoms with Crippen LogP contribution < -0.4 is 16.4 Å². The Balaban J connectivity index is 1.09. The summed E-state index contributed by atoms with van der Waals surface area (Å²) in [5.74, 6) is 1.35. The molecule has 0 aliphatic carbocycles. The molecule has 10 nitrogen and oxygen atoms in total. The van der Waals surface area contributed by atoms with E-state index in [4.69, 9.17) is 17.3 Å². The van der Waals surface area contributed by atoms with Crippen molar-refractivity contribution in [3.8, 4) is 0 Å². The number of aryl methyl sites for hydroxylation is 1. The molecule has 3 fully saturated rings. The maximum Gasteiger partial charge on any atom is 0.322 e. The van der Waals surface area contributed by atoms with Gasteiger partial charge in [-0.3, -0.25) is 4.79 Å². The quantitative estimate of drug-likeness (QED) is 0.379. The Labute approximate surface area is 275 Å². The van der Waals surface area contributed by atoms with E-state index in [1.807, 2.05) is 34.2 Å². The van der Waals surface area contributed by atoms with Crippen LogP contribution in [0.2, 0.25) is 5.02 Å². The van der Waals surface area contributed by atoms with Gasteiger partial charge in [0, 0.05) is 43.5 Å². The third kappa shape index (κ3) is 7.20. The molecule has 1 aromatic carbocycles. The molecule has 12 heteroatoms. The average molecular weight is 656 g/mol. The van der Waals surface area contributed by atoms with Gasteiger partial charge in [-0.15, -0.1) is 11.3 Å². The van der Waals surface area contributed by atoms with Crippen LogP contribution in [0.25, 0.3) is 0 Å². The van der Waals surface area contributed by atoms with Crippen molar-refractivity contribution in [3.63, 3.8) is 0 Å². The van der Waals surface area contributed by atoms with E-state index in [0.717, 1.165) is 66.6 Å². The minimum Gasteiger partial charge on any atom is -0.397 e. The third-order valence-corrected chi connectivity index (χ3v) is 11.7. The Morgan fingerprint density at radius 2 is 1.67 bits per heavy atom. The maximum atomic E-state index is 14.0. The molecular weight excluding hydrogens is 610 g/mol. The van der Waals surface area contributed by atoms with Gasteiger partial charge in [0.1, 0.15) is 6.04 Å². The summed E-state index contributed by atoms with van der Waals surface area (Å²) in [6.07, 6.45) is 6.22. The van der Waals surface area contributed by atoms with Gasteiger partial charge in [-0.25, -0.2) is 9.59 Å². The van der Waals surface area contributed by atoms with Gasteiger partial charge in [0.25, 0.3) is 0 Å². The van der Waals surface area contributed by atoms with Crippen molar-refractivity contribution in [2.75, 3.05) is 57.4 Å². The number of amides is 5. The molecule has 4 N–H and O–H groups in total. The number of piperidine rings is 3. The molecule has 45 heavy (non-hydrogen) atoms. The standard InChI is InChI=1S/C33H46ClN7O3S/c1-21-17-22(18-26(34)30(21)35)19-28(31(42)39-12-5-24(6-13-39)23-3-10-38(2)11-4-23)37-32(43)40-14-7-25(8-15-40)41-20-29-27(9-16-45-29)36-33(41)44/h9,16-18,23-25,28H,3-8,10-15,19-20,35H2,1-2H3,(H,36,44)(H,37,43)/t28-/m1/s1. The summed E-state index contributed by atoms with van der Waals surface area (Å²) in [6.45, 7) is 7.29. The molecule has 0 unspecified atom stereocenters. The van der Waals surface area contributed by atoms with Crippen LogP contribution in [0.3, 0.4) is 0 Å². The number of thiophene rings is 1. The summed E-state index contributed by atoms with van der Waals surface area (Å²) >= 11 is 8.06. The summed E-state index contributed by atoms with van der Waals surface area (Å²) in [6, 6.07) is 4.73. The Hall–Kier alpha value is -3.02. The number of hydrogen-bond donors (Lipinski definition) is 3. The molecule has 244 valence electrons. The van der Waals surface area contributed by atoms with Crippen LogP contribution in [-0.2, 0) is 17.8 Å². The van der Waals surface area contributed by atoms with Crippen molar-refractivity contribution in [3.05, 3.63) is 44.6 Å². The predicted molar refractivity (Wildman–Crippen MR) is 180 cm³/mol. The number of halogens is 1. The van der Waals surface area contributed by atoms with Crippen LogP contribution in [0, 0.1) is 18.8 Å². The van der Waals surface area contributed by atoms with E-state index < -0.39 is 6.04 Å². The number of nitrogen functional groups attached to an aromatic ring is 1. The number of fused-ring (bicyclic) bond motifs is 1. The van der Waals surface area contributed by atoms with Crippen LogP contribution in [0.1, 0.15) is 54.5 Å². The maximum absolute atomic E-state index is 14.0. The first-order valence-electron chi connectivity index (χ1n) is 16.4. The van der Waals surface area contributed by atoms with Crippen molar-refractivity contribution in [2.24, 2.45) is 11.8 Å². The fraction of sp³-hybridized carbons (Fsp3) is 0.606. The second-order valence-electron chi connectivity index (χ2n) is 13.4. The summed E-state index contributed by atoms with van der Waals surface area (Å²) in [5.41, 5.74) is 9.25. The highest BCUT2D eigenvalue weighted by Gasteiger charge is 2.36. The Kier molecular flexibility index (Phi) is 9.77. The Bertz CT molecular complexity index is 1370. The minimum absolute atomic E-state index is 0.0394. The summed E-state index contributed by atoms with van der Waals surface area (Å²) in [7, 11) is 2.19. The van der Waals surface area contributed by atoms with E-state index in [0.29, 0.717) is 55.5 Å². The second kappa shape index (κ2) is 13.8. The zero-order valence-electron chi connectivity index (χ0n) is 26.4. The van der Waals surface area contributed by atoms with Crippen molar-refractivity contribution in [2.45, 2.75) is 70.5 Å². The summed E-state index contributed by atoms with van der Waals surface area (Å²) in [4.78, 5) is 49.6. The molecule has 1 aromatic heterocycles. The van der Waals surface area contributed by atoms with Gasteiger partial charge in [0.05, 0.1) is 22.9 Å². The number of nitrogens with zero attached hydrogens (tertiary/aromatic N) is 4. The number of urea groups is 2. The normalized spacial score (nSPS) is 21.4. The second-order valence-corrected chi connectivity index (χ2v) is 14.8. The number of benzene rings is 1. The first-order chi connectivity index (χ1) is 21.7. The number of likely N-dealkylation sites (tertiary alicyclic amines) is 3. The largest absolute Gasteiger partial charge is 0.397 e. The van der Waals surface area contributed by atoms with Crippen molar-refractivity contribution >= 4 is 52.3 Å². The van der Waals surface area contributed by atoms with E-state index in [-0.39, 0.29) is 24.0 Å². The average Bonchev–Trinajstić information content (AvgIpc) is 3.50. The number of nitrogens with one attached hydrogen (secondary N) is 2. The molecule has 0 radical (unpaired) electrons. The topological polar surface area (TPSA) is 114 Å². The summed E-state index contributed by atoms with van der Waals surface area (Å²) in [5, 5.41) is 8.55. The molecule has 4 aliphatic rings. The van der Waals surface area contributed by atoms with E-state index in [1.165, 1.54) is 12.8 Å². The van der Waals surface area contributed by atoms with E-state index >= 15 is 0 Å². The van der Waals surface area contributed by atoms with Gasteiger partial charge in [0.2, 0.25) is 5.91 Å². The molecule has 2 aromatic rings.